The molecule has 66 valence electrons. The Labute approximate surface area is 77.0 Å². The maximum atomic E-state index is 8.36. The van der Waals surface area contributed by atoms with Crippen molar-refractivity contribution in [1.29, 1.82) is 0 Å². The van der Waals surface area contributed by atoms with Crippen LogP contribution in [0.4, 0.5) is 0 Å². The third kappa shape index (κ3) is 1.38. The second-order valence-electron chi connectivity index (χ2n) is 3.71. The summed E-state index contributed by atoms with van der Waals surface area (Å²) < 4.78 is 0. The summed E-state index contributed by atoms with van der Waals surface area (Å²) in [6.07, 6.45) is 0.973. The average Bonchev–Trinajstić information content (AvgIpc) is 2.80. The molecule has 1 aliphatic rings. The molecular formula is C10H11N3. The van der Waals surface area contributed by atoms with Crippen LogP contribution in [-0.2, 0) is 0 Å². The predicted octanol–water partition coefficient (Wildman–Crippen LogP) is 3.24. The fourth-order valence-electron chi connectivity index (χ4n) is 1.73. The maximum Gasteiger partial charge on any atom is 0.0534 e. The van der Waals surface area contributed by atoms with Crippen LogP contribution in [0.1, 0.15) is 24.8 Å². The highest BCUT2D eigenvalue weighted by atomic mass is 15.2. The molecule has 0 aliphatic heterocycles. The van der Waals surface area contributed by atoms with Gasteiger partial charge in [-0.3, -0.25) is 0 Å². The zero-order valence-electron chi connectivity index (χ0n) is 7.51. The van der Waals surface area contributed by atoms with E-state index >= 15 is 0 Å². The van der Waals surface area contributed by atoms with E-state index in [-0.39, 0.29) is 5.54 Å². The summed E-state index contributed by atoms with van der Waals surface area (Å²) >= 11 is 0. The van der Waals surface area contributed by atoms with Crippen molar-refractivity contribution < 1.29 is 0 Å². The Hall–Kier alpha value is -1.47. The van der Waals surface area contributed by atoms with Crippen LogP contribution in [0.5, 0.6) is 0 Å². The first-order chi connectivity index (χ1) is 6.26. The molecule has 1 aromatic rings. The van der Waals surface area contributed by atoms with E-state index in [4.69, 9.17) is 5.53 Å². The van der Waals surface area contributed by atoms with Gasteiger partial charge >= 0.3 is 0 Å². The maximum absolute atomic E-state index is 8.36. The van der Waals surface area contributed by atoms with Gasteiger partial charge in [0, 0.05) is 4.91 Å². The Morgan fingerprint density at radius 2 is 2.15 bits per heavy atom. The molecule has 0 spiro atoms. The van der Waals surface area contributed by atoms with Crippen LogP contribution < -0.4 is 0 Å². The summed E-state index contributed by atoms with van der Waals surface area (Å²) in [5, 5.41) is 3.81. The highest BCUT2D eigenvalue weighted by molar-refractivity contribution is 5.32. The smallest absolute Gasteiger partial charge is 0.0534 e. The van der Waals surface area contributed by atoms with E-state index in [1.165, 1.54) is 5.56 Å². The summed E-state index contributed by atoms with van der Waals surface area (Å²) in [7, 11) is 0. The van der Waals surface area contributed by atoms with Gasteiger partial charge in [0.1, 0.15) is 0 Å². The van der Waals surface area contributed by atoms with Gasteiger partial charge in [0.05, 0.1) is 5.54 Å². The molecule has 0 N–H and O–H groups in total. The van der Waals surface area contributed by atoms with Gasteiger partial charge in [0.15, 0.2) is 0 Å². The van der Waals surface area contributed by atoms with Crippen molar-refractivity contribution in [1.82, 2.24) is 0 Å². The van der Waals surface area contributed by atoms with E-state index in [0.29, 0.717) is 5.92 Å². The minimum atomic E-state index is -0.171. The van der Waals surface area contributed by atoms with E-state index < -0.39 is 0 Å². The largest absolute Gasteiger partial charge is 0.0869 e. The number of hydrogen-bond acceptors (Lipinski definition) is 1. The van der Waals surface area contributed by atoms with E-state index in [0.717, 1.165) is 6.42 Å². The molecule has 3 nitrogen and oxygen atoms in total. The molecule has 0 unspecified atom stereocenters. The monoisotopic (exact) mass is 173 g/mol. The van der Waals surface area contributed by atoms with Crippen LogP contribution in [0, 0.1) is 0 Å². The third-order valence-corrected chi connectivity index (χ3v) is 2.68. The first-order valence-electron chi connectivity index (χ1n) is 4.37. The van der Waals surface area contributed by atoms with Crippen molar-refractivity contribution >= 4 is 0 Å². The molecule has 1 aromatic carbocycles. The van der Waals surface area contributed by atoms with Crippen LogP contribution in [0.25, 0.3) is 10.4 Å². The molecular weight excluding hydrogens is 162 g/mol. The topological polar surface area (TPSA) is 48.8 Å². The molecule has 1 aliphatic carbocycles. The lowest BCUT2D eigenvalue weighted by Gasteiger charge is -2.02. The van der Waals surface area contributed by atoms with Crippen molar-refractivity contribution in [3.63, 3.8) is 0 Å². The Morgan fingerprint density at radius 1 is 1.46 bits per heavy atom. The molecule has 0 amide bonds. The number of nitrogens with zero attached hydrogens (tertiary/aromatic N) is 3. The highest BCUT2D eigenvalue weighted by Gasteiger charge is 2.50. The van der Waals surface area contributed by atoms with Crippen LogP contribution in [-0.4, -0.2) is 5.54 Å². The van der Waals surface area contributed by atoms with E-state index in [2.05, 4.69) is 22.2 Å². The lowest BCUT2D eigenvalue weighted by Crippen LogP contribution is -1.98. The average molecular weight is 173 g/mol. The highest BCUT2D eigenvalue weighted by Crippen LogP contribution is 2.54. The van der Waals surface area contributed by atoms with Crippen LogP contribution >= 0.6 is 0 Å². The molecule has 2 atom stereocenters. The van der Waals surface area contributed by atoms with Crippen molar-refractivity contribution in [2.45, 2.75) is 24.8 Å². The Bertz CT molecular complexity index is 354. The van der Waals surface area contributed by atoms with Gasteiger partial charge in [0.25, 0.3) is 0 Å². The minimum absolute atomic E-state index is 0.171. The van der Waals surface area contributed by atoms with Gasteiger partial charge in [-0.25, -0.2) is 0 Å². The Morgan fingerprint density at radius 3 is 2.77 bits per heavy atom. The number of hydrogen-bond donors (Lipinski definition) is 0. The molecule has 0 bridgehead atoms. The fourth-order valence-corrected chi connectivity index (χ4v) is 1.73. The molecule has 0 heterocycles. The quantitative estimate of drug-likeness (QED) is 0.374. The molecule has 13 heavy (non-hydrogen) atoms. The molecule has 1 saturated carbocycles. The summed E-state index contributed by atoms with van der Waals surface area (Å²) in [4.78, 5) is 2.87. The first-order valence-corrected chi connectivity index (χ1v) is 4.37. The molecule has 0 aromatic heterocycles. The third-order valence-electron chi connectivity index (χ3n) is 2.68. The number of rotatable bonds is 2. The van der Waals surface area contributed by atoms with Gasteiger partial charge in [0.2, 0.25) is 0 Å². The fraction of sp³-hybridized carbons (Fsp3) is 0.400. The first kappa shape index (κ1) is 8.14. The van der Waals surface area contributed by atoms with Gasteiger partial charge < -0.3 is 0 Å². The zero-order chi connectivity index (χ0) is 9.31. The van der Waals surface area contributed by atoms with Gasteiger partial charge in [-0.15, -0.1) is 0 Å². The second kappa shape index (κ2) is 2.79. The Kier molecular flexibility index (Phi) is 1.74. The van der Waals surface area contributed by atoms with E-state index in [1.54, 1.807) is 0 Å². The van der Waals surface area contributed by atoms with Crippen LogP contribution in [0.2, 0.25) is 0 Å². The van der Waals surface area contributed by atoms with Crippen molar-refractivity contribution in [2.75, 3.05) is 0 Å². The lowest BCUT2D eigenvalue weighted by molar-refractivity contribution is 0.720. The second-order valence-corrected chi connectivity index (χ2v) is 3.71. The van der Waals surface area contributed by atoms with Crippen molar-refractivity contribution in [3.8, 4) is 0 Å². The summed E-state index contributed by atoms with van der Waals surface area (Å²) in [6.45, 7) is 2.00. The van der Waals surface area contributed by atoms with Gasteiger partial charge in [-0.05, 0) is 23.4 Å². The number of benzene rings is 1. The molecule has 3 heteroatoms. The van der Waals surface area contributed by atoms with Crippen molar-refractivity contribution in [2.24, 2.45) is 5.11 Å². The number of azide groups is 1. The van der Waals surface area contributed by atoms with Crippen LogP contribution in [0.15, 0.2) is 35.4 Å². The molecule has 2 rings (SSSR count). The van der Waals surface area contributed by atoms with Crippen molar-refractivity contribution in [3.05, 3.63) is 46.3 Å². The SMILES string of the molecule is C[C@@]1(N=[N+]=[N-])C[C@H]1c1ccccc1. The van der Waals surface area contributed by atoms with Gasteiger partial charge in [-0.2, -0.15) is 0 Å². The zero-order valence-corrected chi connectivity index (χ0v) is 7.51. The van der Waals surface area contributed by atoms with Crippen LogP contribution in [0.3, 0.4) is 0 Å². The molecule has 0 radical (unpaired) electrons. The van der Waals surface area contributed by atoms with E-state index in [1.807, 2.05) is 25.1 Å². The normalized spacial score (nSPS) is 30.7. The minimum Gasteiger partial charge on any atom is -0.0869 e. The molecule has 0 saturated heterocycles. The molecule has 1 fully saturated rings. The van der Waals surface area contributed by atoms with E-state index in [9.17, 15) is 0 Å². The lowest BCUT2D eigenvalue weighted by atomic mass is 10.1. The Balaban J connectivity index is 2.20. The van der Waals surface area contributed by atoms with Gasteiger partial charge in [-0.1, -0.05) is 42.4 Å². The summed E-state index contributed by atoms with van der Waals surface area (Å²) in [5.41, 5.74) is 9.47. The standard InChI is InChI=1S/C10H11N3/c1-10(12-13-11)7-9(10)8-5-3-2-4-6-8/h2-6,9H,7H2,1H3/t9-,10+/m0/s1. The summed E-state index contributed by atoms with van der Waals surface area (Å²) in [5.74, 6) is 0.421. The summed E-state index contributed by atoms with van der Waals surface area (Å²) in [6, 6.07) is 10.2. The predicted molar refractivity (Wildman–Crippen MR) is 51.4 cm³/mol.